The Morgan fingerprint density at radius 2 is 1.17 bits per heavy atom. The van der Waals surface area contributed by atoms with E-state index in [2.05, 4.69) is 109 Å². The molecule has 0 aliphatic heterocycles. The Bertz CT molecular complexity index is 1460. The van der Waals surface area contributed by atoms with E-state index in [4.69, 9.17) is 0 Å². The van der Waals surface area contributed by atoms with Gasteiger partial charge < -0.3 is 24.8 Å². The summed E-state index contributed by atoms with van der Waals surface area (Å²) in [6, 6.07) is 16.1. The van der Waals surface area contributed by atoms with Crippen LogP contribution in [0.5, 0.6) is 0 Å². The van der Waals surface area contributed by atoms with Crippen LogP contribution >= 0.6 is 0 Å². The zero-order valence-corrected chi connectivity index (χ0v) is 33.5. The van der Waals surface area contributed by atoms with Crippen LogP contribution in [0.2, 0.25) is 0 Å². The van der Waals surface area contributed by atoms with E-state index in [1.165, 1.54) is 84.0 Å². The van der Waals surface area contributed by atoms with Crippen molar-refractivity contribution in [2.45, 2.75) is 130 Å². The van der Waals surface area contributed by atoms with E-state index in [1.807, 2.05) is 0 Å². The molecule has 6 aliphatic carbocycles. The molecule has 0 heterocycles. The van der Waals surface area contributed by atoms with Crippen LogP contribution in [0.1, 0.15) is 130 Å². The van der Waals surface area contributed by atoms with Crippen LogP contribution in [0.4, 0.5) is 0 Å². The van der Waals surface area contributed by atoms with E-state index >= 15 is 0 Å². The molecule has 1 atom stereocenters. The summed E-state index contributed by atoms with van der Waals surface area (Å²) in [5.41, 5.74) is 5.38. The van der Waals surface area contributed by atoms with E-state index in [-0.39, 0.29) is 35.6 Å². The second-order valence-corrected chi connectivity index (χ2v) is 19.1. The van der Waals surface area contributed by atoms with Gasteiger partial charge in [0.15, 0.2) is 0 Å². The Morgan fingerprint density at radius 3 is 1.52 bits per heavy atom. The van der Waals surface area contributed by atoms with Crippen LogP contribution in [0.25, 0.3) is 21.5 Å². The van der Waals surface area contributed by atoms with Crippen molar-refractivity contribution in [1.29, 1.82) is 0 Å². The van der Waals surface area contributed by atoms with Crippen molar-refractivity contribution in [2.75, 3.05) is 0 Å². The van der Waals surface area contributed by atoms with Crippen molar-refractivity contribution in [3.05, 3.63) is 77.4 Å². The molecule has 0 nitrogen and oxygen atoms in total. The molecule has 5 saturated carbocycles. The van der Waals surface area contributed by atoms with E-state index < -0.39 is 0 Å². The molecule has 0 aromatic heterocycles. The van der Waals surface area contributed by atoms with Gasteiger partial charge in [0.1, 0.15) is 0 Å². The summed E-state index contributed by atoms with van der Waals surface area (Å²) < 4.78 is 1.80. The minimum atomic E-state index is 0. The first-order valence-corrected chi connectivity index (χ1v) is 19.0. The van der Waals surface area contributed by atoms with Gasteiger partial charge in [-0.2, -0.15) is 6.08 Å². The molecule has 0 spiro atoms. The molecular formula is C43H56Cl2Zr-2. The van der Waals surface area contributed by atoms with E-state index in [0.717, 1.165) is 17.8 Å². The van der Waals surface area contributed by atoms with Crippen LogP contribution in [-0.2, 0) is 35.1 Å². The van der Waals surface area contributed by atoms with Gasteiger partial charge in [0.2, 0.25) is 0 Å². The van der Waals surface area contributed by atoms with Gasteiger partial charge in [-0.25, -0.2) is 11.6 Å². The number of benzene rings is 2. The maximum absolute atomic E-state index is 3.72. The predicted molar refractivity (Wildman–Crippen MR) is 188 cm³/mol. The second kappa shape index (κ2) is 14.9. The summed E-state index contributed by atoms with van der Waals surface area (Å²) in [5, 5.41) is 5.49. The standard InChI is InChI=1S/C21H25.C16H21.C6H10.2ClH.Zr/c1-20(2,3)16-9-7-14-11-15-8-10-17(21(4,5)6)13-19(15)18(14)12-16;1-11-2-3-15(4-11)16-8-12-5-13(9-16)7-14(6-12)10-16;1-2-4-6-5-3-1;;;/h7-13H,1-6H3;2-3,11-14H,5-10H2,1H3;1-5H2;2*1H;/q2*-1;;;;+2/p-2. The van der Waals surface area contributed by atoms with Crippen LogP contribution in [0.3, 0.4) is 0 Å². The summed E-state index contributed by atoms with van der Waals surface area (Å²) in [6.07, 6.45) is 24.9. The second-order valence-electron chi connectivity index (χ2n) is 17.3. The van der Waals surface area contributed by atoms with Crippen molar-refractivity contribution in [3.8, 4) is 0 Å². The van der Waals surface area contributed by atoms with Gasteiger partial charge in [-0.1, -0.05) is 89.8 Å². The third-order valence-electron chi connectivity index (χ3n) is 11.4. The number of hydrogen-bond donors (Lipinski definition) is 0. The molecule has 5 fully saturated rings. The van der Waals surface area contributed by atoms with Gasteiger partial charge >= 0.3 is 59.5 Å². The Balaban J connectivity index is 0.000000170. The third kappa shape index (κ3) is 8.46. The van der Waals surface area contributed by atoms with Crippen molar-refractivity contribution >= 4 is 24.8 Å². The fourth-order valence-corrected chi connectivity index (χ4v) is 10.1. The minimum absolute atomic E-state index is 0. The predicted octanol–water partition coefficient (Wildman–Crippen LogP) is 6.12. The summed E-state index contributed by atoms with van der Waals surface area (Å²) >= 11 is 1.69. The van der Waals surface area contributed by atoms with Crippen LogP contribution in [-0.4, -0.2) is 3.21 Å². The Labute approximate surface area is 308 Å². The number of rotatable bonds is 1. The number of allylic oxidation sites excluding steroid dienone is 4. The summed E-state index contributed by atoms with van der Waals surface area (Å²) in [5.74, 6) is 3.75. The molecule has 1 unspecified atom stereocenters. The first kappa shape index (κ1) is 37.9. The molecule has 3 aromatic carbocycles. The molecule has 0 amide bonds. The molecule has 6 aliphatic rings. The molecule has 0 N–H and O–H groups in total. The summed E-state index contributed by atoms with van der Waals surface area (Å²) in [7, 11) is 0. The van der Waals surface area contributed by atoms with Gasteiger partial charge in [-0.05, 0) is 72.5 Å². The summed E-state index contributed by atoms with van der Waals surface area (Å²) in [4.78, 5) is 0. The first-order valence-electron chi connectivity index (χ1n) is 17.8. The molecule has 248 valence electrons. The number of halogens is 2. The maximum atomic E-state index is 3.72. The van der Waals surface area contributed by atoms with Gasteiger partial charge in [-0.3, -0.25) is 6.08 Å². The Hall–Kier alpha value is -0.877. The number of hydrogen-bond acceptors (Lipinski definition) is 0. The zero-order valence-electron chi connectivity index (χ0n) is 29.5. The van der Waals surface area contributed by atoms with Crippen LogP contribution in [0.15, 0.2) is 60.2 Å². The van der Waals surface area contributed by atoms with Gasteiger partial charge in [-0.15, -0.1) is 39.7 Å². The van der Waals surface area contributed by atoms with Gasteiger partial charge in [0.05, 0.1) is 0 Å². The molecule has 46 heavy (non-hydrogen) atoms. The third-order valence-corrected chi connectivity index (χ3v) is 12.7. The molecule has 3 aromatic rings. The fourth-order valence-electron chi connectivity index (χ4n) is 9.26. The van der Waals surface area contributed by atoms with Crippen molar-refractivity contribution in [1.82, 2.24) is 0 Å². The molecule has 9 rings (SSSR count). The van der Waals surface area contributed by atoms with Crippen LogP contribution in [0, 0.1) is 35.2 Å². The summed E-state index contributed by atoms with van der Waals surface area (Å²) in [6.45, 7) is 15.9. The van der Waals surface area contributed by atoms with Crippen molar-refractivity contribution < 1.29 is 49.0 Å². The first-order chi connectivity index (χ1) is 20.8. The molecule has 3 heteroatoms. The topological polar surface area (TPSA) is 0 Å². The average Bonchev–Trinajstić information content (AvgIpc) is 3.56. The van der Waals surface area contributed by atoms with Gasteiger partial charge in [0.25, 0.3) is 0 Å². The molecule has 0 radical (unpaired) electrons. The van der Waals surface area contributed by atoms with Crippen LogP contribution < -0.4 is 24.8 Å². The Morgan fingerprint density at radius 1 is 0.717 bits per heavy atom. The number of fused-ring (bicyclic) bond motifs is 3. The molecule has 0 saturated heterocycles. The van der Waals surface area contributed by atoms with E-state index in [9.17, 15) is 0 Å². The normalized spacial score (nSPS) is 28.1. The van der Waals surface area contributed by atoms with E-state index in [1.54, 1.807) is 52.3 Å². The SMILES string of the molecule is CC(C)(C)c1ccc2[cH-]c3ccc(C(C)(C)C)cc3c2c1.CC1[C-]=C(C23CC4CC(CC(C4)C2)C3)C=C1.[Cl-].[Cl-].[Zr+2]=[C]1CCCCC1. The Kier molecular flexibility index (Phi) is 12.3. The zero-order chi connectivity index (χ0) is 31.3. The molecule has 4 bridgehead atoms. The average molecular weight is 735 g/mol. The van der Waals surface area contributed by atoms with Crippen molar-refractivity contribution in [2.24, 2.45) is 29.1 Å². The van der Waals surface area contributed by atoms with E-state index in [0.29, 0.717) is 11.3 Å². The molecular weight excluding hydrogens is 679 g/mol. The van der Waals surface area contributed by atoms with Crippen molar-refractivity contribution in [3.63, 3.8) is 0 Å². The van der Waals surface area contributed by atoms with Gasteiger partial charge in [0, 0.05) is 0 Å². The fraction of sp³-hybridized carbons (Fsp3) is 0.581. The monoisotopic (exact) mass is 732 g/mol. The quantitative estimate of drug-likeness (QED) is 0.265.